The van der Waals surface area contributed by atoms with Gasteiger partial charge in [-0.05, 0) is 18.2 Å². The van der Waals surface area contributed by atoms with E-state index in [2.05, 4.69) is 15.9 Å². The summed E-state index contributed by atoms with van der Waals surface area (Å²) in [7, 11) is 0. The molecule has 2 aliphatic heterocycles. The second-order valence-corrected chi connectivity index (χ2v) is 6.74. The molecule has 19 heavy (non-hydrogen) atoms. The van der Waals surface area contributed by atoms with Crippen molar-refractivity contribution in [1.29, 1.82) is 0 Å². The van der Waals surface area contributed by atoms with E-state index in [1.807, 2.05) is 12.1 Å². The van der Waals surface area contributed by atoms with Crippen LogP contribution in [-0.2, 0) is 14.2 Å². The molecule has 2 saturated heterocycles. The average Bonchev–Trinajstić information content (AvgIpc) is 2.28. The molecule has 0 unspecified atom stereocenters. The zero-order valence-electron chi connectivity index (χ0n) is 10.1. The minimum Gasteiger partial charge on any atom is -0.454 e. The number of thioether (sulfide) groups is 1. The van der Waals surface area contributed by atoms with Gasteiger partial charge < -0.3 is 14.2 Å². The van der Waals surface area contributed by atoms with Crippen molar-refractivity contribution >= 4 is 33.7 Å². The molecule has 2 aliphatic rings. The first kappa shape index (κ1) is 13.4. The maximum absolute atomic E-state index is 12.1. The molecule has 1 aromatic rings. The van der Waals surface area contributed by atoms with Crippen LogP contribution in [0.2, 0.25) is 0 Å². The first-order valence-corrected chi connectivity index (χ1v) is 7.72. The monoisotopic (exact) mass is 344 g/mol. The van der Waals surface area contributed by atoms with Gasteiger partial charge in [-0.3, -0.25) is 0 Å². The lowest BCUT2D eigenvalue weighted by molar-refractivity contribution is -0.103. The van der Waals surface area contributed by atoms with Crippen LogP contribution in [0.4, 0.5) is 0 Å². The van der Waals surface area contributed by atoms with Crippen LogP contribution in [-0.4, -0.2) is 43.8 Å². The summed E-state index contributed by atoms with van der Waals surface area (Å²) in [4.78, 5) is 13.1. The predicted octanol–water partition coefficient (Wildman–Crippen LogP) is 2.50. The second-order valence-electron chi connectivity index (χ2n) is 4.48. The van der Waals surface area contributed by atoms with Crippen LogP contribution in [0.3, 0.4) is 0 Å². The van der Waals surface area contributed by atoms with Gasteiger partial charge in [-0.15, -0.1) is 11.8 Å². The fraction of sp³-hybridized carbons (Fsp3) is 0.462. The van der Waals surface area contributed by atoms with Crippen molar-refractivity contribution in [3.63, 3.8) is 0 Å². The summed E-state index contributed by atoms with van der Waals surface area (Å²) in [6, 6.07) is 5.61. The third-order valence-electron chi connectivity index (χ3n) is 2.95. The third kappa shape index (κ3) is 3.13. The van der Waals surface area contributed by atoms with Crippen molar-refractivity contribution < 1.29 is 19.0 Å². The molecule has 0 amide bonds. The fourth-order valence-electron chi connectivity index (χ4n) is 1.72. The van der Waals surface area contributed by atoms with Crippen molar-refractivity contribution in [1.82, 2.24) is 0 Å². The number of carbonyl (C=O) groups is 1. The Kier molecular flexibility index (Phi) is 4.12. The Hall–Kier alpha value is -0.560. The minimum atomic E-state index is -0.274. The van der Waals surface area contributed by atoms with Crippen molar-refractivity contribution in [2.75, 3.05) is 26.4 Å². The lowest BCUT2D eigenvalue weighted by Crippen LogP contribution is -2.38. The van der Waals surface area contributed by atoms with Gasteiger partial charge in [-0.2, -0.15) is 0 Å². The van der Waals surface area contributed by atoms with Gasteiger partial charge in [0.15, 0.2) is 0 Å². The van der Waals surface area contributed by atoms with Gasteiger partial charge in [0.2, 0.25) is 0 Å². The van der Waals surface area contributed by atoms with E-state index in [9.17, 15) is 4.79 Å². The van der Waals surface area contributed by atoms with E-state index in [-0.39, 0.29) is 12.1 Å². The van der Waals surface area contributed by atoms with Gasteiger partial charge in [0.05, 0.1) is 37.2 Å². The molecule has 0 bridgehead atoms. The third-order valence-corrected chi connectivity index (χ3v) is 4.64. The van der Waals surface area contributed by atoms with Crippen molar-refractivity contribution in [3.8, 4) is 0 Å². The fourth-order valence-corrected chi connectivity index (χ4v) is 3.39. The molecule has 1 aromatic carbocycles. The topological polar surface area (TPSA) is 44.8 Å². The lowest BCUT2D eigenvalue weighted by Gasteiger charge is -2.27. The number of rotatable bonds is 4. The highest BCUT2D eigenvalue weighted by Gasteiger charge is 2.27. The SMILES string of the molecule is O=C(OC1COC1)c1ccc(Br)cc1SC1COC1. The summed E-state index contributed by atoms with van der Waals surface area (Å²) in [6.45, 7) is 2.48. The molecule has 0 N–H and O–H groups in total. The number of halogens is 1. The van der Waals surface area contributed by atoms with E-state index in [1.165, 1.54) is 0 Å². The summed E-state index contributed by atoms with van der Waals surface area (Å²) in [5.41, 5.74) is 0.618. The van der Waals surface area contributed by atoms with Crippen LogP contribution in [0.25, 0.3) is 0 Å². The van der Waals surface area contributed by atoms with Crippen LogP contribution in [0, 0.1) is 0 Å². The molecule has 0 radical (unpaired) electrons. The highest BCUT2D eigenvalue weighted by Crippen LogP contribution is 2.33. The van der Waals surface area contributed by atoms with Gasteiger partial charge in [-0.1, -0.05) is 15.9 Å². The van der Waals surface area contributed by atoms with Crippen LogP contribution < -0.4 is 0 Å². The van der Waals surface area contributed by atoms with Crippen molar-refractivity contribution in [2.24, 2.45) is 0 Å². The number of carbonyl (C=O) groups excluding carboxylic acids is 1. The molecule has 2 heterocycles. The van der Waals surface area contributed by atoms with Crippen LogP contribution in [0.5, 0.6) is 0 Å². The Morgan fingerprint density at radius 2 is 2.00 bits per heavy atom. The summed E-state index contributed by atoms with van der Waals surface area (Å²) in [6.07, 6.45) is -0.0963. The Balaban J connectivity index is 1.75. The molecule has 3 rings (SSSR count). The highest BCUT2D eigenvalue weighted by atomic mass is 79.9. The maximum atomic E-state index is 12.1. The van der Waals surface area contributed by atoms with E-state index in [0.717, 1.165) is 22.6 Å². The van der Waals surface area contributed by atoms with Crippen LogP contribution >= 0.6 is 27.7 Å². The number of hydrogen-bond acceptors (Lipinski definition) is 5. The standard InChI is InChI=1S/C13H13BrO4S/c14-8-1-2-11(13(15)18-9-4-16-5-9)12(3-8)19-10-6-17-7-10/h1-3,9-10H,4-7H2. The Labute approximate surface area is 123 Å². The van der Waals surface area contributed by atoms with Crippen molar-refractivity contribution in [2.45, 2.75) is 16.2 Å². The van der Waals surface area contributed by atoms with Crippen LogP contribution in [0.15, 0.2) is 27.6 Å². The van der Waals surface area contributed by atoms with Crippen molar-refractivity contribution in [3.05, 3.63) is 28.2 Å². The molecular weight excluding hydrogens is 332 g/mol. The molecular formula is C13H13BrO4S. The molecule has 0 aliphatic carbocycles. The molecule has 0 spiro atoms. The molecule has 6 heteroatoms. The summed E-state index contributed by atoms with van der Waals surface area (Å²) >= 11 is 5.10. The van der Waals surface area contributed by atoms with Gasteiger partial charge >= 0.3 is 5.97 Å². The van der Waals surface area contributed by atoms with E-state index < -0.39 is 0 Å². The molecule has 0 aromatic heterocycles. The molecule has 4 nitrogen and oxygen atoms in total. The number of esters is 1. The van der Waals surface area contributed by atoms with E-state index in [4.69, 9.17) is 14.2 Å². The number of hydrogen-bond donors (Lipinski definition) is 0. The lowest BCUT2D eigenvalue weighted by atomic mass is 10.2. The molecule has 0 saturated carbocycles. The van der Waals surface area contributed by atoms with Gasteiger partial charge in [0.25, 0.3) is 0 Å². The predicted molar refractivity (Wildman–Crippen MR) is 74.6 cm³/mol. The second kappa shape index (κ2) is 5.83. The maximum Gasteiger partial charge on any atom is 0.339 e. The average molecular weight is 345 g/mol. The van der Waals surface area contributed by atoms with E-state index in [1.54, 1.807) is 17.8 Å². The minimum absolute atomic E-state index is 0.0963. The summed E-state index contributed by atoms with van der Waals surface area (Å²) in [5, 5.41) is 0.424. The number of benzene rings is 1. The molecule has 2 fully saturated rings. The summed E-state index contributed by atoms with van der Waals surface area (Å²) in [5.74, 6) is -0.274. The first-order valence-electron chi connectivity index (χ1n) is 6.05. The smallest absolute Gasteiger partial charge is 0.339 e. The highest BCUT2D eigenvalue weighted by molar-refractivity contribution is 9.10. The summed E-state index contributed by atoms with van der Waals surface area (Å²) < 4.78 is 16.5. The Morgan fingerprint density at radius 3 is 2.58 bits per heavy atom. The van der Waals surface area contributed by atoms with E-state index in [0.29, 0.717) is 24.0 Å². The largest absolute Gasteiger partial charge is 0.454 e. The van der Waals surface area contributed by atoms with Gasteiger partial charge in [-0.25, -0.2) is 4.79 Å². The zero-order chi connectivity index (χ0) is 13.2. The van der Waals surface area contributed by atoms with Crippen LogP contribution in [0.1, 0.15) is 10.4 Å². The van der Waals surface area contributed by atoms with Gasteiger partial charge in [0, 0.05) is 9.37 Å². The Bertz CT molecular complexity index is 486. The Morgan fingerprint density at radius 1 is 1.26 bits per heavy atom. The zero-order valence-corrected chi connectivity index (χ0v) is 12.5. The molecule has 102 valence electrons. The first-order chi connectivity index (χ1) is 9.22. The number of ether oxygens (including phenoxy) is 3. The normalized spacial score (nSPS) is 19.6. The van der Waals surface area contributed by atoms with E-state index >= 15 is 0 Å². The quantitative estimate of drug-likeness (QED) is 0.785. The molecule has 0 atom stereocenters. The van der Waals surface area contributed by atoms with Gasteiger partial charge in [0.1, 0.15) is 6.10 Å².